The summed E-state index contributed by atoms with van der Waals surface area (Å²) in [4.78, 5) is 12.5. The van der Waals surface area contributed by atoms with E-state index >= 15 is 0 Å². The number of benzene rings is 1. The molecule has 3 nitrogen and oxygen atoms in total. The number of ether oxygens (including phenoxy) is 2. The van der Waals surface area contributed by atoms with Crippen molar-refractivity contribution in [2.24, 2.45) is 0 Å². The van der Waals surface area contributed by atoms with E-state index < -0.39 is 11.8 Å². The topological polar surface area (TPSA) is 35.5 Å². The molecule has 0 aliphatic carbocycles. The number of hydrogen-bond donors (Lipinski definition) is 0. The number of rotatable bonds is 5. The molecule has 0 radical (unpaired) electrons. The molecule has 6 heteroatoms. The molecule has 0 spiro atoms. The van der Waals surface area contributed by atoms with Crippen LogP contribution in [-0.4, -0.2) is 13.1 Å². The quantitative estimate of drug-likeness (QED) is 0.577. The van der Waals surface area contributed by atoms with Gasteiger partial charge in [0, 0.05) is 11.0 Å². The Morgan fingerprint density at radius 2 is 2.19 bits per heavy atom. The monoisotopic (exact) mass is 370 g/mol. The molecule has 0 bridgehead atoms. The third kappa shape index (κ3) is 4.68. The van der Waals surface area contributed by atoms with Crippen LogP contribution < -0.4 is 4.74 Å². The largest absolute Gasteiger partial charge is 0.494 e. The van der Waals surface area contributed by atoms with Crippen molar-refractivity contribution in [2.75, 3.05) is 7.11 Å². The van der Waals surface area contributed by atoms with Crippen molar-refractivity contribution in [2.45, 2.75) is 6.61 Å². The zero-order valence-electron chi connectivity index (χ0n) is 11.1. The first kappa shape index (κ1) is 15.7. The van der Waals surface area contributed by atoms with E-state index in [4.69, 9.17) is 9.47 Å². The minimum atomic E-state index is -0.481. The van der Waals surface area contributed by atoms with Gasteiger partial charge in [0.05, 0.1) is 10.9 Å². The van der Waals surface area contributed by atoms with Crippen LogP contribution in [0.3, 0.4) is 0 Å². The first-order valence-electron chi connectivity index (χ1n) is 6.01. The molecule has 0 saturated carbocycles. The summed E-state index contributed by atoms with van der Waals surface area (Å²) in [5.74, 6) is -0.797. The van der Waals surface area contributed by atoms with Crippen molar-refractivity contribution < 1.29 is 18.7 Å². The number of hydrogen-bond acceptors (Lipinski definition) is 4. The lowest BCUT2D eigenvalue weighted by Gasteiger charge is -2.05. The summed E-state index contributed by atoms with van der Waals surface area (Å²) < 4.78 is 24.3. The number of esters is 1. The average Bonchev–Trinajstić information content (AvgIpc) is 2.89. The summed E-state index contributed by atoms with van der Waals surface area (Å²) in [6, 6.07) is 8.21. The Kier molecular flexibility index (Phi) is 5.52. The summed E-state index contributed by atoms with van der Waals surface area (Å²) in [5, 5.41) is 0. The minimum absolute atomic E-state index is 0.0121. The van der Waals surface area contributed by atoms with E-state index in [1.54, 1.807) is 12.1 Å². The van der Waals surface area contributed by atoms with Gasteiger partial charge in [-0.1, -0.05) is 6.07 Å². The van der Waals surface area contributed by atoms with Crippen LogP contribution in [0.15, 0.2) is 40.2 Å². The number of carbonyl (C=O) groups is 1. The maximum absolute atomic E-state index is 13.5. The van der Waals surface area contributed by atoms with E-state index in [1.807, 2.05) is 12.1 Å². The predicted octanol–water partition coefficient (Wildman–Crippen LogP) is 4.41. The van der Waals surface area contributed by atoms with Crippen LogP contribution in [0.25, 0.3) is 6.08 Å². The second-order valence-electron chi connectivity index (χ2n) is 4.05. The van der Waals surface area contributed by atoms with E-state index in [9.17, 15) is 9.18 Å². The molecule has 1 heterocycles. The normalized spacial score (nSPS) is 10.8. The molecule has 0 aliphatic heterocycles. The fraction of sp³-hybridized carbons (Fsp3) is 0.133. The van der Waals surface area contributed by atoms with Gasteiger partial charge in [-0.2, -0.15) is 0 Å². The molecule has 0 atom stereocenters. The number of methoxy groups -OCH3 is 1. The Morgan fingerprint density at radius 1 is 1.38 bits per heavy atom. The molecule has 2 rings (SSSR count). The molecule has 0 N–H and O–H groups in total. The number of thiophene rings is 1. The molecule has 0 saturated heterocycles. The van der Waals surface area contributed by atoms with E-state index in [1.165, 1.54) is 36.7 Å². The van der Waals surface area contributed by atoms with Gasteiger partial charge >= 0.3 is 5.97 Å². The second-order valence-corrected chi connectivity index (χ2v) is 6.55. The zero-order valence-corrected chi connectivity index (χ0v) is 13.5. The number of halogens is 2. The summed E-state index contributed by atoms with van der Waals surface area (Å²) in [6.07, 6.45) is 3.02. The zero-order chi connectivity index (χ0) is 15.2. The van der Waals surface area contributed by atoms with Gasteiger partial charge in [-0.3, -0.25) is 0 Å². The van der Waals surface area contributed by atoms with Crippen LogP contribution in [0.1, 0.15) is 10.4 Å². The molecule has 0 aliphatic rings. The predicted molar refractivity (Wildman–Crippen MR) is 83.8 cm³/mol. The lowest BCUT2D eigenvalue weighted by atomic mass is 10.2. The Hall–Kier alpha value is -1.66. The van der Waals surface area contributed by atoms with Gasteiger partial charge in [-0.05, 0) is 51.8 Å². The van der Waals surface area contributed by atoms with Crippen molar-refractivity contribution in [3.05, 3.63) is 56.5 Å². The Bertz CT molecular complexity index is 667. The Balaban J connectivity index is 1.89. The first-order valence-corrected chi connectivity index (χ1v) is 7.62. The fourth-order valence-corrected chi connectivity index (χ4v) is 2.90. The first-order chi connectivity index (χ1) is 10.1. The van der Waals surface area contributed by atoms with Gasteiger partial charge in [0.25, 0.3) is 0 Å². The van der Waals surface area contributed by atoms with Crippen LogP contribution in [0.2, 0.25) is 0 Å². The molecule has 0 fully saturated rings. The van der Waals surface area contributed by atoms with Crippen molar-refractivity contribution in [3.63, 3.8) is 0 Å². The SMILES string of the molecule is COc1ccc(COC(=O)/C=C/c2ccc(Br)s2)cc1F. The summed E-state index contributed by atoms with van der Waals surface area (Å²) in [5.41, 5.74) is 0.564. The highest BCUT2D eigenvalue weighted by Crippen LogP contribution is 2.23. The lowest BCUT2D eigenvalue weighted by Crippen LogP contribution is -2.01. The van der Waals surface area contributed by atoms with Crippen molar-refractivity contribution in [3.8, 4) is 5.75 Å². The summed E-state index contributed by atoms with van der Waals surface area (Å²) >= 11 is 4.85. The van der Waals surface area contributed by atoms with Gasteiger partial charge in [0.15, 0.2) is 11.6 Å². The minimum Gasteiger partial charge on any atom is -0.494 e. The van der Waals surface area contributed by atoms with Crippen molar-refractivity contribution in [1.82, 2.24) is 0 Å². The third-order valence-corrected chi connectivity index (χ3v) is 4.16. The van der Waals surface area contributed by atoms with Crippen LogP contribution in [0, 0.1) is 5.82 Å². The highest BCUT2D eigenvalue weighted by Gasteiger charge is 2.05. The van der Waals surface area contributed by atoms with E-state index in [-0.39, 0.29) is 12.4 Å². The van der Waals surface area contributed by atoms with E-state index in [2.05, 4.69) is 15.9 Å². The van der Waals surface area contributed by atoms with Crippen LogP contribution in [-0.2, 0) is 16.1 Å². The van der Waals surface area contributed by atoms with Crippen LogP contribution >= 0.6 is 27.3 Å². The van der Waals surface area contributed by atoms with Gasteiger partial charge < -0.3 is 9.47 Å². The second kappa shape index (κ2) is 7.38. The molecule has 110 valence electrons. The average molecular weight is 371 g/mol. The molecule has 2 aromatic rings. The van der Waals surface area contributed by atoms with Crippen molar-refractivity contribution in [1.29, 1.82) is 0 Å². The maximum atomic E-state index is 13.5. The van der Waals surface area contributed by atoms with Gasteiger partial charge in [0.1, 0.15) is 6.61 Å². The molecular weight excluding hydrogens is 359 g/mol. The summed E-state index contributed by atoms with van der Waals surface area (Å²) in [6.45, 7) is 0.0121. The fourth-order valence-electron chi connectivity index (χ4n) is 1.57. The maximum Gasteiger partial charge on any atom is 0.331 e. The highest BCUT2D eigenvalue weighted by atomic mass is 79.9. The lowest BCUT2D eigenvalue weighted by molar-refractivity contribution is -0.138. The van der Waals surface area contributed by atoms with Gasteiger partial charge in [-0.15, -0.1) is 11.3 Å². The Labute approximate surface area is 134 Å². The smallest absolute Gasteiger partial charge is 0.331 e. The van der Waals surface area contributed by atoms with Gasteiger partial charge in [-0.25, -0.2) is 9.18 Å². The van der Waals surface area contributed by atoms with E-state index in [0.717, 1.165) is 8.66 Å². The molecule has 0 amide bonds. The van der Waals surface area contributed by atoms with Crippen molar-refractivity contribution >= 4 is 39.3 Å². The third-order valence-electron chi connectivity index (χ3n) is 2.57. The van der Waals surface area contributed by atoms with E-state index in [0.29, 0.717) is 5.56 Å². The van der Waals surface area contributed by atoms with Crippen LogP contribution in [0.4, 0.5) is 4.39 Å². The van der Waals surface area contributed by atoms with Crippen LogP contribution in [0.5, 0.6) is 5.75 Å². The molecular formula is C15H12BrFO3S. The standard InChI is InChI=1S/C15H12BrFO3S/c1-19-13-5-2-10(8-12(13)17)9-20-15(18)7-4-11-3-6-14(16)21-11/h2-8H,9H2,1H3/b7-4+. The molecule has 1 aromatic carbocycles. The molecule has 21 heavy (non-hydrogen) atoms. The molecule has 1 aromatic heterocycles. The Morgan fingerprint density at radius 3 is 2.81 bits per heavy atom. The molecule has 0 unspecified atom stereocenters. The highest BCUT2D eigenvalue weighted by molar-refractivity contribution is 9.11. The van der Waals surface area contributed by atoms with Gasteiger partial charge in [0.2, 0.25) is 0 Å². The summed E-state index contributed by atoms with van der Waals surface area (Å²) in [7, 11) is 1.39. The number of carbonyl (C=O) groups excluding carboxylic acids is 1.